The molecule has 1 fully saturated rings. The molecule has 0 aromatic heterocycles. The van der Waals surface area contributed by atoms with Crippen molar-refractivity contribution in [1.29, 1.82) is 0 Å². The van der Waals surface area contributed by atoms with Crippen LogP contribution in [0.2, 0.25) is 0 Å². The van der Waals surface area contributed by atoms with Crippen LogP contribution in [0.25, 0.3) is 0 Å². The van der Waals surface area contributed by atoms with Crippen molar-refractivity contribution in [1.82, 2.24) is 4.90 Å². The van der Waals surface area contributed by atoms with Gasteiger partial charge in [-0.3, -0.25) is 9.69 Å². The molecule has 0 bridgehead atoms. The largest absolute Gasteiger partial charge is 0.497 e. The fourth-order valence-electron chi connectivity index (χ4n) is 2.17. The summed E-state index contributed by atoms with van der Waals surface area (Å²) >= 11 is 0. The zero-order valence-electron chi connectivity index (χ0n) is 9.93. The van der Waals surface area contributed by atoms with E-state index in [1.807, 2.05) is 30.7 Å². The van der Waals surface area contributed by atoms with Crippen molar-refractivity contribution in [3.63, 3.8) is 0 Å². The number of carbonyl (C=O) groups is 1. The fraction of sp³-hybridized carbons (Fsp3) is 0.385. The molecule has 1 heterocycles. The molecule has 91 valence electrons. The van der Waals surface area contributed by atoms with Crippen molar-refractivity contribution in [2.75, 3.05) is 13.7 Å². The average molecular weight is 233 g/mol. The molecule has 0 saturated carbocycles. The maximum absolute atomic E-state index is 11.2. The van der Waals surface area contributed by atoms with Crippen LogP contribution in [-0.4, -0.2) is 30.5 Å². The van der Waals surface area contributed by atoms with Gasteiger partial charge in [0.25, 0.3) is 0 Å². The molecule has 1 aliphatic heterocycles. The molecule has 1 amide bonds. The molecule has 1 radical (unpaired) electrons. The minimum atomic E-state index is -0.273. The second kappa shape index (κ2) is 5.19. The summed E-state index contributed by atoms with van der Waals surface area (Å²) in [6.07, 6.45) is 2.89. The third-order valence-electron chi connectivity index (χ3n) is 3.01. The zero-order valence-corrected chi connectivity index (χ0v) is 9.93. The number of carbonyl (C=O) groups excluding carboxylic acids is 1. The van der Waals surface area contributed by atoms with E-state index in [0.29, 0.717) is 0 Å². The lowest BCUT2D eigenvalue weighted by atomic mass is 10.1. The van der Waals surface area contributed by atoms with Crippen LogP contribution in [0.3, 0.4) is 0 Å². The SMILES string of the molecule is COc1cccc(CN2CC[CH]C2C(N)=O)c1. The number of ether oxygens (including phenoxy) is 1. The molecule has 1 aromatic rings. The first-order chi connectivity index (χ1) is 8.20. The molecule has 2 N–H and O–H groups in total. The van der Waals surface area contributed by atoms with Crippen molar-refractivity contribution in [2.24, 2.45) is 5.73 Å². The van der Waals surface area contributed by atoms with E-state index >= 15 is 0 Å². The Balaban J connectivity index is 2.06. The highest BCUT2D eigenvalue weighted by molar-refractivity contribution is 5.81. The second-order valence-electron chi connectivity index (χ2n) is 4.19. The van der Waals surface area contributed by atoms with Crippen molar-refractivity contribution in [3.05, 3.63) is 36.2 Å². The Morgan fingerprint density at radius 2 is 2.41 bits per heavy atom. The molecule has 1 aromatic carbocycles. The topological polar surface area (TPSA) is 55.6 Å². The smallest absolute Gasteiger partial charge is 0.235 e. The molecular weight excluding hydrogens is 216 g/mol. The fourth-order valence-corrected chi connectivity index (χ4v) is 2.17. The van der Waals surface area contributed by atoms with Gasteiger partial charge in [0.05, 0.1) is 13.2 Å². The molecule has 1 unspecified atom stereocenters. The Morgan fingerprint density at radius 1 is 1.59 bits per heavy atom. The Hall–Kier alpha value is -1.55. The number of primary amides is 1. The maximum Gasteiger partial charge on any atom is 0.235 e. The predicted octanol–water partition coefficient (Wildman–Crippen LogP) is 0.959. The molecule has 4 heteroatoms. The van der Waals surface area contributed by atoms with Gasteiger partial charge in [0.15, 0.2) is 0 Å². The van der Waals surface area contributed by atoms with E-state index in [-0.39, 0.29) is 11.9 Å². The van der Waals surface area contributed by atoms with Crippen molar-refractivity contribution in [3.8, 4) is 5.75 Å². The summed E-state index contributed by atoms with van der Waals surface area (Å²) in [6, 6.07) is 7.63. The van der Waals surface area contributed by atoms with Gasteiger partial charge in [0.1, 0.15) is 5.75 Å². The van der Waals surface area contributed by atoms with E-state index in [4.69, 9.17) is 10.5 Å². The summed E-state index contributed by atoms with van der Waals surface area (Å²) in [7, 11) is 1.65. The van der Waals surface area contributed by atoms with Gasteiger partial charge in [-0.05, 0) is 37.1 Å². The molecule has 17 heavy (non-hydrogen) atoms. The summed E-state index contributed by atoms with van der Waals surface area (Å²) in [5.41, 5.74) is 6.49. The van der Waals surface area contributed by atoms with Gasteiger partial charge in [0, 0.05) is 6.54 Å². The number of rotatable bonds is 4. The van der Waals surface area contributed by atoms with Crippen molar-refractivity contribution < 1.29 is 9.53 Å². The summed E-state index contributed by atoms with van der Waals surface area (Å²) in [5.74, 6) is 0.562. The third kappa shape index (κ3) is 2.77. The molecule has 2 rings (SSSR count). The van der Waals surface area contributed by atoms with E-state index < -0.39 is 0 Å². The molecule has 1 aliphatic rings. The van der Waals surface area contributed by atoms with E-state index in [1.54, 1.807) is 7.11 Å². The highest BCUT2D eigenvalue weighted by Crippen LogP contribution is 2.20. The van der Waals surface area contributed by atoms with Gasteiger partial charge >= 0.3 is 0 Å². The molecule has 0 aliphatic carbocycles. The first-order valence-electron chi connectivity index (χ1n) is 5.70. The normalized spacial score (nSPS) is 20.4. The highest BCUT2D eigenvalue weighted by Gasteiger charge is 2.28. The van der Waals surface area contributed by atoms with Crippen LogP contribution in [0, 0.1) is 6.42 Å². The van der Waals surface area contributed by atoms with E-state index in [9.17, 15) is 4.79 Å². The van der Waals surface area contributed by atoms with Crippen LogP contribution in [0.5, 0.6) is 5.75 Å². The second-order valence-corrected chi connectivity index (χ2v) is 4.19. The summed E-state index contributed by atoms with van der Waals surface area (Å²) in [5, 5.41) is 0. The lowest BCUT2D eigenvalue weighted by Crippen LogP contribution is -2.39. The molecule has 1 saturated heterocycles. The van der Waals surface area contributed by atoms with Crippen molar-refractivity contribution in [2.45, 2.75) is 19.0 Å². The minimum absolute atomic E-state index is 0.235. The Morgan fingerprint density at radius 3 is 3.12 bits per heavy atom. The summed E-state index contributed by atoms with van der Waals surface area (Å²) in [6.45, 7) is 1.60. The number of hydrogen-bond donors (Lipinski definition) is 1. The van der Waals surface area contributed by atoms with Gasteiger partial charge in [-0.15, -0.1) is 0 Å². The number of hydrogen-bond acceptors (Lipinski definition) is 3. The number of methoxy groups -OCH3 is 1. The quantitative estimate of drug-likeness (QED) is 0.842. The van der Waals surface area contributed by atoms with Crippen LogP contribution in [0.1, 0.15) is 12.0 Å². The third-order valence-corrected chi connectivity index (χ3v) is 3.01. The average Bonchev–Trinajstić information content (AvgIpc) is 2.77. The number of nitrogens with two attached hydrogens (primary N) is 1. The van der Waals surface area contributed by atoms with Crippen LogP contribution in [0.15, 0.2) is 24.3 Å². The predicted molar refractivity (Wildman–Crippen MR) is 65.3 cm³/mol. The molecular formula is C13H17N2O2. The van der Waals surface area contributed by atoms with Crippen molar-refractivity contribution >= 4 is 5.91 Å². The Labute approximate surface area is 101 Å². The van der Waals surface area contributed by atoms with Gasteiger partial charge in [-0.2, -0.15) is 0 Å². The van der Waals surface area contributed by atoms with Gasteiger partial charge < -0.3 is 10.5 Å². The zero-order chi connectivity index (χ0) is 12.3. The van der Waals surface area contributed by atoms with Crippen LogP contribution >= 0.6 is 0 Å². The Bertz CT molecular complexity index is 406. The maximum atomic E-state index is 11.2. The minimum Gasteiger partial charge on any atom is -0.497 e. The van der Waals surface area contributed by atoms with Crippen LogP contribution in [-0.2, 0) is 11.3 Å². The van der Waals surface area contributed by atoms with Crippen LogP contribution < -0.4 is 10.5 Å². The number of likely N-dealkylation sites (tertiary alicyclic amines) is 1. The van der Waals surface area contributed by atoms with E-state index in [1.165, 1.54) is 0 Å². The lowest BCUT2D eigenvalue weighted by molar-refractivity contribution is -0.121. The van der Waals surface area contributed by atoms with Gasteiger partial charge in [-0.25, -0.2) is 0 Å². The first-order valence-corrected chi connectivity index (χ1v) is 5.70. The number of benzene rings is 1. The lowest BCUT2D eigenvalue weighted by Gasteiger charge is -2.21. The molecule has 1 atom stereocenters. The highest BCUT2D eigenvalue weighted by atomic mass is 16.5. The number of nitrogens with zero attached hydrogens (tertiary/aromatic N) is 1. The van der Waals surface area contributed by atoms with Crippen LogP contribution in [0.4, 0.5) is 0 Å². The summed E-state index contributed by atoms with van der Waals surface area (Å²) in [4.78, 5) is 13.3. The number of amides is 1. The van der Waals surface area contributed by atoms with E-state index in [2.05, 4.69) is 4.90 Å². The molecule has 0 spiro atoms. The Kier molecular flexibility index (Phi) is 3.64. The first kappa shape index (κ1) is 11.9. The van der Waals surface area contributed by atoms with Gasteiger partial charge in [0.2, 0.25) is 5.91 Å². The monoisotopic (exact) mass is 233 g/mol. The van der Waals surface area contributed by atoms with Gasteiger partial charge in [-0.1, -0.05) is 12.1 Å². The summed E-state index contributed by atoms with van der Waals surface area (Å²) < 4.78 is 5.18. The van der Waals surface area contributed by atoms with E-state index in [0.717, 1.165) is 30.8 Å². The molecule has 4 nitrogen and oxygen atoms in total. The standard InChI is InChI=1S/C13H17N2O2/c1-17-11-5-2-4-10(8-11)9-15-7-3-6-12(15)13(14)16/h2,4-6,8,12H,3,7,9H2,1H3,(H2,14,16).